The molecular weight excluding hydrogens is 710 g/mol. The number of hydrogen-bond acceptors (Lipinski definition) is 17. The van der Waals surface area contributed by atoms with Crippen LogP contribution in [0.2, 0.25) is 0 Å². The molecule has 298 valence electrons. The lowest BCUT2D eigenvalue weighted by atomic mass is 9.97. The minimum Gasteiger partial charge on any atom is -0.464 e. The lowest BCUT2D eigenvalue weighted by Gasteiger charge is -2.33. The molecule has 0 bridgehead atoms. The van der Waals surface area contributed by atoms with Gasteiger partial charge in [-0.3, -0.25) is 35.3 Å². The van der Waals surface area contributed by atoms with E-state index in [9.17, 15) is 14.4 Å². The van der Waals surface area contributed by atoms with Gasteiger partial charge in [0, 0.05) is 18.5 Å². The Labute approximate surface area is 313 Å². The van der Waals surface area contributed by atoms with Crippen LogP contribution in [0.15, 0.2) is 48.5 Å². The molecule has 0 aliphatic heterocycles. The van der Waals surface area contributed by atoms with Crippen molar-refractivity contribution in [2.75, 3.05) is 26.4 Å². The average molecular weight is 762 g/mol. The second kappa shape index (κ2) is 23.2. The molecule has 0 fully saturated rings. The molecule has 19 heteroatoms. The summed E-state index contributed by atoms with van der Waals surface area (Å²) in [6.07, 6.45) is 1.59. The molecule has 0 saturated carbocycles. The zero-order chi connectivity index (χ0) is 39.5. The summed E-state index contributed by atoms with van der Waals surface area (Å²) in [7, 11) is 0. The molecular formula is C35H51N7O12. The summed E-state index contributed by atoms with van der Waals surface area (Å²) in [5.74, 6) is -0.590. The van der Waals surface area contributed by atoms with Crippen LogP contribution in [0.3, 0.4) is 0 Å². The van der Waals surface area contributed by atoms with Crippen LogP contribution in [0.1, 0.15) is 84.4 Å². The third-order valence-corrected chi connectivity index (χ3v) is 8.03. The van der Waals surface area contributed by atoms with Gasteiger partial charge in [-0.05, 0) is 66.8 Å². The van der Waals surface area contributed by atoms with Crippen molar-refractivity contribution in [3.05, 3.63) is 54.1 Å². The molecule has 0 aliphatic carbocycles. The standard InChI is InChI=1S/C35H51N7O12/c1-5-6-15-31(43)39(32(25(2)3)34(44)50-20-9-11-22-52-41(46)47)24-27-16-18-28(19-17-27)29-13-7-8-14-30(29)33-36-38-40(37-33)26(4)54-35(45)51-21-10-12-23-53-42(48)49/h7-8,13-14,16-19,25-26,32,46-49H,5-6,9-12,15,20-24H2,1-4H3/t26?,32-/m0/s1. The smallest absolute Gasteiger partial charge is 0.464 e. The molecule has 0 spiro atoms. The maximum Gasteiger partial charge on any atom is 0.510 e. The van der Waals surface area contributed by atoms with Crippen molar-refractivity contribution < 1.29 is 59.1 Å². The summed E-state index contributed by atoms with van der Waals surface area (Å²) in [6, 6.07) is 14.3. The summed E-state index contributed by atoms with van der Waals surface area (Å²) >= 11 is 0. The molecule has 54 heavy (non-hydrogen) atoms. The molecule has 1 heterocycles. The zero-order valence-corrected chi connectivity index (χ0v) is 31.0. The lowest BCUT2D eigenvalue weighted by Crippen LogP contribution is -2.48. The fourth-order valence-electron chi connectivity index (χ4n) is 5.31. The van der Waals surface area contributed by atoms with E-state index < -0.39 is 24.4 Å². The average Bonchev–Trinajstić information content (AvgIpc) is 3.64. The van der Waals surface area contributed by atoms with Crippen molar-refractivity contribution in [1.29, 1.82) is 0 Å². The third-order valence-electron chi connectivity index (χ3n) is 8.03. The lowest BCUT2D eigenvalue weighted by molar-refractivity contribution is -0.492. The number of esters is 1. The van der Waals surface area contributed by atoms with Gasteiger partial charge < -0.3 is 19.1 Å². The van der Waals surface area contributed by atoms with Crippen LogP contribution in [0, 0.1) is 5.92 Å². The van der Waals surface area contributed by atoms with E-state index in [1.807, 2.05) is 69.3 Å². The minimum atomic E-state index is -0.933. The minimum absolute atomic E-state index is 0.0222. The fraction of sp³-hybridized carbons (Fsp3) is 0.543. The summed E-state index contributed by atoms with van der Waals surface area (Å²) in [4.78, 5) is 50.7. The van der Waals surface area contributed by atoms with Gasteiger partial charge in [-0.2, -0.15) is 0 Å². The van der Waals surface area contributed by atoms with Gasteiger partial charge in [-0.25, -0.2) is 9.59 Å². The first-order chi connectivity index (χ1) is 25.9. The SMILES string of the molecule is CCCCC(=O)N(Cc1ccc(-c2ccccc2-c2nnn(C(C)OC(=O)OCCCCON(O)O)n2)cc1)[C@H](C(=O)OCCCCON(O)O)C(C)C. The number of nitrogens with zero attached hydrogens (tertiary/aromatic N) is 7. The van der Waals surface area contributed by atoms with Crippen LogP contribution in [-0.2, 0) is 40.0 Å². The number of aromatic nitrogens is 4. The van der Waals surface area contributed by atoms with Crippen LogP contribution in [-0.4, -0.2) is 107 Å². The number of amides is 1. The molecule has 4 N–H and O–H groups in total. The maximum atomic E-state index is 13.5. The van der Waals surface area contributed by atoms with Gasteiger partial charge in [0.1, 0.15) is 6.04 Å². The van der Waals surface area contributed by atoms with Crippen LogP contribution in [0.25, 0.3) is 22.5 Å². The summed E-state index contributed by atoms with van der Waals surface area (Å²) in [5.41, 5.74) is 3.13. The Bertz CT molecular complexity index is 1570. The summed E-state index contributed by atoms with van der Waals surface area (Å²) < 4.78 is 15.8. The highest BCUT2D eigenvalue weighted by atomic mass is 17.1. The first kappa shape index (κ1) is 43.8. The van der Waals surface area contributed by atoms with E-state index in [0.29, 0.717) is 49.9 Å². The molecule has 1 amide bonds. The maximum absolute atomic E-state index is 13.5. The first-order valence-corrected chi connectivity index (χ1v) is 17.8. The van der Waals surface area contributed by atoms with E-state index in [1.54, 1.807) is 11.8 Å². The summed E-state index contributed by atoms with van der Waals surface area (Å²) in [6.45, 7) is 7.65. The van der Waals surface area contributed by atoms with E-state index in [2.05, 4.69) is 25.1 Å². The van der Waals surface area contributed by atoms with Crippen molar-refractivity contribution in [2.45, 2.75) is 91.5 Å². The van der Waals surface area contributed by atoms with Gasteiger partial charge in [0.15, 0.2) is 0 Å². The molecule has 19 nitrogen and oxygen atoms in total. The largest absolute Gasteiger partial charge is 0.510 e. The third kappa shape index (κ3) is 14.7. The summed E-state index contributed by atoms with van der Waals surface area (Å²) in [5, 5.41) is 46.3. The topological polar surface area (TPSA) is 232 Å². The van der Waals surface area contributed by atoms with Gasteiger partial charge in [0.25, 0.3) is 0 Å². The number of unbranched alkanes of at least 4 members (excludes halogenated alkanes) is 3. The Morgan fingerprint density at radius 3 is 1.96 bits per heavy atom. The van der Waals surface area contributed by atoms with Crippen LogP contribution in [0.5, 0.6) is 0 Å². The normalized spacial score (nSPS) is 12.6. The number of hydrogen-bond donors (Lipinski definition) is 4. The van der Waals surface area contributed by atoms with Crippen molar-refractivity contribution >= 4 is 18.0 Å². The second-order valence-electron chi connectivity index (χ2n) is 12.6. The highest BCUT2D eigenvalue weighted by Crippen LogP contribution is 2.31. The predicted octanol–water partition coefficient (Wildman–Crippen LogP) is 5.35. The molecule has 3 rings (SSSR count). The number of carbonyl (C=O) groups is 3. The van der Waals surface area contributed by atoms with Gasteiger partial charge in [0.05, 0.1) is 37.2 Å². The monoisotopic (exact) mass is 761 g/mol. The van der Waals surface area contributed by atoms with E-state index in [1.165, 1.54) is 0 Å². The number of tetrazole rings is 1. The molecule has 0 aliphatic rings. The molecule has 1 aromatic heterocycles. The van der Waals surface area contributed by atoms with Gasteiger partial charge in [-0.1, -0.05) is 75.7 Å². The van der Waals surface area contributed by atoms with E-state index >= 15 is 0 Å². The Balaban J connectivity index is 1.69. The van der Waals surface area contributed by atoms with Crippen LogP contribution in [0.4, 0.5) is 4.79 Å². The van der Waals surface area contributed by atoms with Crippen LogP contribution >= 0.6 is 0 Å². The van der Waals surface area contributed by atoms with E-state index in [-0.39, 0.29) is 55.6 Å². The molecule has 0 radical (unpaired) electrons. The molecule has 2 aromatic carbocycles. The number of carbonyl (C=O) groups excluding carboxylic acids is 3. The van der Waals surface area contributed by atoms with Gasteiger partial charge >= 0.3 is 12.1 Å². The van der Waals surface area contributed by atoms with Crippen molar-refractivity contribution in [2.24, 2.45) is 5.92 Å². The van der Waals surface area contributed by atoms with Gasteiger partial charge in [0.2, 0.25) is 18.0 Å². The highest BCUT2D eigenvalue weighted by molar-refractivity contribution is 5.85. The van der Waals surface area contributed by atoms with Crippen LogP contribution < -0.4 is 0 Å². The number of benzene rings is 2. The van der Waals surface area contributed by atoms with E-state index in [4.69, 9.17) is 35.0 Å². The highest BCUT2D eigenvalue weighted by Gasteiger charge is 2.33. The number of rotatable bonds is 24. The first-order valence-electron chi connectivity index (χ1n) is 17.8. The second-order valence-corrected chi connectivity index (χ2v) is 12.6. The van der Waals surface area contributed by atoms with Crippen molar-refractivity contribution in [3.63, 3.8) is 0 Å². The Hall–Kier alpha value is -4.60. The predicted molar refractivity (Wildman–Crippen MR) is 187 cm³/mol. The molecule has 2 atom stereocenters. The fourth-order valence-corrected chi connectivity index (χ4v) is 5.31. The Kier molecular flexibility index (Phi) is 18.9. The zero-order valence-electron chi connectivity index (χ0n) is 31.0. The number of ether oxygens (including phenoxy) is 3. The molecule has 3 aromatic rings. The van der Waals surface area contributed by atoms with Crippen molar-refractivity contribution in [1.82, 2.24) is 35.9 Å². The molecule has 1 unspecified atom stereocenters. The van der Waals surface area contributed by atoms with Crippen molar-refractivity contribution in [3.8, 4) is 22.5 Å². The van der Waals surface area contributed by atoms with E-state index in [0.717, 1.165) is 27.9 Å². The Morgan fingerprint density at radius 2 is 1.37 bits per heavy atom. The quantitative estimate of drug-likeness (QED) is 0.0512. The Morgan fingerprint density at radius 1 is 0.778 bits per heavy atom. The van der Waals surface area contributed by atoms with Gasteiger partial charge in [-0.15, -0.1) is 15.0 Å². The molecule has 0 saturated heterocycles.